The Kier molecular flexibility index (Phi) is 4.17. The molecule has 1 aliphatic heterocycles. The number of amides is 2. The topological polar surface area (TPSA) is 92.1 Å². The second-order valence-corrected chi connectivity index (χ2v) is 6.90. The molecule has 2 aromatic rings. The van der Waals surface area contributed by atoms with Crippen LogP contribution in [0.2, 0.25) is 4.34 Å². The molecule has 2 aromatic heterocycles. The molecule has 1 fully saturated rings. The van der Waals surface area contributed by atoms with Crippen LogP contribution in [0.5, 0.6) is 0 Å². The summed E-state index contributed by atoms with van der Waals surface area (Å²) < 4.78 is 0.592. The van der Waals surface area contributed by atoms with Crippen molar-refractivity contribution in [3.05, 3.63) is 38.8 Å². The molecule has 0 radical (unpaired) electrons. The number of nitrogens with two attached hydrogens (primary N) is 1. The maximum Gasteiger partial charge on any atom is 0.269 e. The molecule has 1 saturated heterocycles. The Labute approximate surface area is 136 Å². The van der Waals surface area contributed by atoms with Gasteiger partial charge in [-0.05, 0) is 37.5 Å². The number of carbonyl (C=O) groups excluding carboxylic acids is 2. The van der Waals surface area contributed by atoms with Crippen LogP contribution in [0.1, 0.15) is 51.2 Å². The summed E-state index contributed by atoms with van der Waals surface area (Å²) in [7, 11) is 0. The fraction of sp³-hybridized carbons (Fsp3) is 0.357. The number of likely N-dealkylation sites (tertiary alicyclic amines) is 1. The highest BCUT2D eigenvalue weighted by Crippen LogP contribution is 2.33. The van der Waals surface area contributed by atoms with E-state index in [1.807, 2.05) is 4.90 Å². The van der Waals surface area contributed by atoms with E-state index >= 15 is 0 Å². The number of nitrogens with zero attached hydrogens (tertiary/aromatic N) is 2. The summed E-state index contributed by atoms with van der Waals surface area (Å²) in [6.07, 6.45) is 2.80. The summed E-state index contributed by atoms with van der Waals surface area (Å²) in [4.78, 5) is 26.3. The molecule has 0 unspecified atom stereocenters. The lowest BCUT2D eigenvalue weighted by molar-refractivity contribution is 0.0611. The Morgan fingerprint density at radius 1 is 1.41 bits per heavy atom. The van der Waals surface area contributed by atoms with E-state index in [2.05, 4.69) is 10.2 Å². The Balaban J connectivity index is 1.87. The van der Waals surface area contributed by atoms with Crippen molar-refractivity contribution in [3.8, 4) is 0 Å². The first-order valence-corrected chi connectivity index (χ1v) is 8.17. The molecule has 0 bridgehead atoms. The smallest absolute Gasteiger partial charge is 0.269 e. The maximum atomic E-state index is 12.7. The predicted molar refractivity (Wildman–Crippen MR) is 84.1 cm³/mol. The van der Waals surface area contributed by atoms with Crippen LogP contribution in [0, 0.1) is 0 Å². The number of piperidine rings is 1. The number of aromatic nitrogens is 2. The van der Waals surface area contributed by atoms with Gasteiger partial charge < -0.3 is 10.6 Å². The highest BCUT2D eigenvalue weighted by molar-refractivity contribution is 7.17. The standard InChI is InChI=1S/C14H15ClN4O2S/c15-12-5-4-11(22-12)14(21)19-6-2-1-3-10(19)8-7-9(13(16)20)18-17-8/h4-5,7,10H,1-3,6H2,(H2,16,20)(H,17,18)/t10-/m0/s1. The molecular weight excluding hydrogens is 324 g/mol. The van der Waals surface area contributed by atoms with Gasteiger partial charge in [-0.2, -0.15) is 5.10 Å². The van der Waals surface area contributed by atoms with E-state index in [0.717, 1.165) is 25.0 Å². The Morgan fingerprint density at radius 2 is 2.23 bits per heavy atom. The number of thiophene rings is 1. The van der Waals surface area contributed by atoms with Gasteiger partial charge in [0.1, 0.15) is 5.69 Å². The van der Waals surface area contributed by atoms with Crippen LogP contribution in [0.15, 0.2) is 18.2 Å². The van der Waals surface area contributed by atoms with Crippen LogP contribution in [0.25, 0.3) is 0 Å². The van der Waals surface area contributed by atoms with Gasteiger partial charge >= 0.3 is 0 Å². The zero-order chi connectivity index (χ0) is 15.7. The van der Waals surface area contributed by atoms with Crippen LogP contribution < -0.4 is 5.73 Å². The normalized spacial score (nSPS) is 18.4. The number of aromatic amines is 1. The van der Waals surface area contributed by atoms with Crippen LogP contribution in [-0.4, -0.2) is 33.5 Å². The fourth-order valence-electron chi connectivity index (χ4n) is 2.70. The summed E-state index contributed by atoms with van der Waals surface area (Å²) in [5, 5.41) is 6.74. The first-order chi connectivity index (χ1) is 10.6. The second-order valence-electron chi connectivity index (χ2n) is 5.19. The molecule has 0 aliphatic carbocycles. The van der Waals surface area contributed by atoms with Crippen LogP contribution in [0.4, 0.5) is 0 Å². The minimum Gasteiger partial charge on any atom is -0.364 e. The molecule has 0 spiro atoms. The molecule has 0 aromatic carbocycles. The molecular formula is C14H15ClN4O2S. The molecule has 22 heavy (non-hydrogen) atoms. The predicted octanol–water partition coefficient (Wildman–Crippen LogP) is 2.59. The minimum absolute atomic E-state index is 0.0446. The fourth-order valence-corrected chi connectivity index (χ4v) is 3.70. The number of hydrogen-bond acceptors (Lipinski definition) is 4. The lowest BCUT2D eigenvalue weighted by Crippen LogP contribution is -2.38. The van der Waals surface area contributed by atoms with E-state index in [4.69, 9.17) is 17.3 Å². The number of H-pyrrole nitrogens is 1. The molecule has 1 atom stereocenters. The van der Waals surface area contributed by atoms with Gasteiger partial charge in [0.25, 0.3) is 11.8 Å². The van der Waals surface area contributed by atoms with Gasteiger partial charge in [-0.15, -0.1) is 11.3 Å². The number of carbonyl (C=O) groups is 2. The third-order valence-electron chi connectivity index (χ3n) is 3.76. The van der Waals surface area contributed by atoms with Crippen molar-refractivity contribution >= 4 is 34.8 Å². The lowest BCUT2D eigenvalue weighted by Gasteiger charge is -2.34. The molecule has 3 heterocycles. The zero-order valence-corrected chi connectivity index (χ0v) is 13.3. The van der Waals surface area contributed by atoms with E-state index < -0.39 is 5.91 Å². The largest absolute Gasteiger partial charge is 0.364 e. The highest BCUT2D eigenvalue weighted by Gasteiger charge is 2.31. The first-order valence-electron chi connectivity index (χ1n) is 6.97. The monoisotopic (exact) mass is 338 g/mol. The van der Waals surface area contributed by atoms with E-state index in [9.17, 15) is 9.59 Å². The minimum atomic E-state index is -0.582. The lowest BCUT2D eigenvalue weighted by atomic mass is 9.99. The SMILES string of the molecule is NC(=O)c1cc([C@@H]2CCCCN2C(=O)c2ccc(Cl)s2)[nH]n1. The molecule has 3 rings (SSSR count). The molecule has 1 aliphatic rings. The van der Waals surface area contributed by atoms with Crippen LogP contribution in [-0.2, 0) is 0 Å². The number of rotatable bonds is 3. The summed E-state index contributed by atoms with van der Waals surface area (Å²) in [5.41, 5.74) is 6.16. The zero-order valence-electron chi connectivity index (χ0n) is 11.7. The van der Waals surface area contributed by atoms with Gasteiger partial charge in [-0.1, -0.05) is 11.6 Å². The number of hydrogen-bond donors (Lipinski definition) is 2. The number of primary amides is 1. The molecule has 2 amide bonds. The van der Waals surface area contributed by atoms with E-state index in [0.29, 0.717) is 15.8 Å². The van der Waals surface area contributed by atoms with Crippen LogP contribution in [0.3, 0.4) is 0 Å². The van der Waals surface area contributed by atoms with E-state index in [1.54, 1.807) is 18.2 Å². The molecule has 8 heteroatoms. The van der Waals surface area contributed by atoms with Gasteiger partial charge in [0.05, 0.1) is 20.9 Å². The van der Waals surface area contributed by atoms with Crippen molar-refractivity contribution in [1.82, 2.24) is 15.1 Å². The summed E-state index contributed by atoms with van der Waals surface area (Å²) >= 11 is 7.19. The van der Waals surface area contributed by atoms with E-state index in [1.165, 1.54) is 11.3 Å². The Hall–Kier alpha value is -1.86. The average molecular weight is 339 g/mol. The van der Waals surface area contributed by atoms with Crippen LogP contribution >= 0.6 is 22.9 Å². The number of halogens is 1. The van der Waals surface area contributed by atoms with Gasteiger partial charge in [-0.3, -0.25) is 14.7 Å². The highest BCUT2D eigenvalue weighted by atomic mass is 35.5. The third kappa shape index (κ3) is 2.86. The Morgan fingerprint density at radius 3 is 2.86 bits per heavy atom. The number of nitrogens with one attached hydrogen (secondary N) is 1. The van der Waals surface area contributed by atoms with Crippen molar-refractivity contribution in [1.29, 1.82) is 0 Å². The quantitative estimate of drug-likeness (QED) is 0.900. The van der Waals surface area contributed by atoms with Gasteiger partial charge in [-0.25, -0.2) is 0 Å². The summed E-state index contributed by atoms with van der Waals surface area (Å²) in [6.45, 7) is 0.671. The van der Waals surface area contributed by atoms with Crippen molar-refractivity contribution < 1.29 is 9.59 Å². The van der Waals surface area contributed by atoms with E-state index in [-0.39, 0.29) is 17.6 Å². The second kappa shape index (κ2) is 6.10. The summed E-state index contributed by atoms with van der Waals surface area (Å²) in [6, 6.07) is 4.96. The molecule has 0 saturated carbocycles. The maximum absolute atomic E-state index is 12.7. The molecule has 6 nitrogen and oxygen atoms in total. The van der Waals surface area contributed by atoms with Crippen molar-refractivity contribution in [2.24, 2.45) is 5.73 Å². The average Bonchev–Trinajstić information content (AvgIpc) is 3.15. The Bertz CT molecular complexity index is 711. The third-order valence-corrected chi connectivity index (χ3v) is 4.98. The van der Waals surface area contributed by atoms with Gasteiger partial charge in [0, 0.05) is 6.54 Å². The van der Waals surface area contributed by atoms with Crippen molar-refractivity contribution in [2.45, 2.75) is 25.3 Å². The molecule has 3 N–H and O–H groups in total. The van der Waals surface area contributed by atoms with Gasteiger partial charge in [0.2, 0.25) is 0 Å². The summed E-state index contributed by atoms with van der Waals surface area (Å²) in [5.74, 6) is -0.627. The van der Waals surface area contributed by atoms with Crippen molar-refractivity contribution in [2.75, 3.05) is 6.54 Å². The van der Waals surface area contributed by atoms with Gasteiger partial charge in [0.15, 0.2) is 0 Å². The molecule has 116 valence electrons. The van der Waals surface area contributed by atoms with Crippen molar-refractivity contribution in [3.63, 3.8) is 0 Å². The first kappa shape index (κ1) is 15.1.